The van der Waals surface area contributed by atoms with Crippen LogP contribution in [0, 0.1) is 0 Å². The van der Waals surface area contributed by atoms with E-state index in [4.69, 9.17) is 23.2 Å². The molecular formula is C13H9Cl2N3. The van der Waals surface area contributed by atoms with E-state index < -0.39 is 0 Å². The van der Waals surface area contributed by atoms with E-state index in [1.165, 1.54) is 0 Å². The number of nitrogens with zero attached hydrogens (tertiary/aromatic N) is 2. The lowest BCUT2D eigenvalue weighted by molar-refractivity contribution is 1.03. The Hall–Kier alpha value is -1.58. The van der Waals surface area contributed by atoms with Gasteiger partial charge >= 0.3 is 0 Å². The zero-order valence-corrected chi connectivity index (χ0v) is 10.8. The predicted octanol–water partition coefficient (Wildman–Crippen LogP) is 3.86. The van der Waals surface area contributed by atoms with E-state index >= 15 is 0 Å². The van der Waals surface area contributed by atoms with Crippen molar-refractivity contribution in [2.45, 2.75) is 6.42 Å². The lowest BCUT2D eigenvalue weighted by Gasteiger charge is -2.02. The third-order valence-corrected chi connectivity index (χ3v) is 3.27. The van der Waals surface area contributed by atoms with Crippen LogP contribution >= 0.6 is 23.2 Å². The molecule has 18 heavy (non-hydrogen) atoms. The van der Waals surface area contributed by atoms with Crippen molar-refractivity contribution in [3.63, 3.8) is 0 Å². The van der Waals surface area contributed by atoms with Crippen LogP contribution in [0.1, 0.15) is 11.4 Å². The SMILES string of the molecule is Clc1ccc(Cc2nc3ncccc3[nH]2)c(Cl)c1. The maximum atomic E-state index is 6.14. The average molecular weight is 278 g/mol. The first kappa shape index (κ1) is 11.5. The van der Waals surface area contributed by atoms with Crippen LogP contribution in [0.2, 0.25) is 10.0 Å². The van der Waals surface area contributed by atoms with Crippen molar-refractivity contribution in [3.05, 3.63) is 58.0 Å². The number of rotatable bonds is 2. The summed E-state index contributed by atoms with van der Waals surface area (Å²) < 4.78 is 0. The molecule has 0 aliphatic rings. The summed E-state index contributed by atoms with van der Waals surface area (Å²) in [5.41, 5.74) is 2.63. The summed E-state index contributed by atoms with van der Waals surface area (Å²) in [5, 5.41) is 1.28. The van der Waals surface area contributed by atoms with Crippen LogP contribution in [-0.2, 0) is 6.42 Å². The first-order chi connectivity index (χ1) is 8.72. The highest BCUT2D eigenvalue weighted by molar-refractivity contribution is 6.35. The zero-order valence-electron chi connectivity index (χ0n) is 9.32. The van der Waals surface area contributed by atoms with Gasteiger partial charge in [-0.05, 0) is 29.8 Å². The van der Waals surface area contributed by atoms with Crippen LogP contribution < -0.4 is 0 Å². The highest BCUT2D eigenvalue weighted by atomic mass is 35.5. The standard InChI is InChI=1S/C13H9Cl2N3/c14-9-4-3-8(10(15)7-9)6-12-17-11-2-1-5-16-13(11)18-12/h1-5,7H,6H2,(H,16,17,18). The summed E-state index contributed by atoms with van der Waals surface area (Å²) in [5.74, 6) is 0.841. The molecule has 5 heteroatoms. The molecule has 0 fully saturated rings. The summed E-state index contributed by atoms with van der Waals surface area (Å²) >= 11 is 12.0. The maximum Gasteiger partial charge on any atom is 0.177 e. The second kappa shape index (κ2) is 4.59. The molecule has 0 atom stereocenters. The van der Waals surface area contributed by atoms with Gasteiger partial charge in [-0.25, -0.2) is 9.97 Å². The normalized spacial score (nSPS) is 11.0. The van der Waals surface area contributed by atoms with E-state index in [9.17, 15) is 0 Å². The van der Waals surface area contributed by atoms with Gasteiger partial charge in [-0.3, -0.25) is 0 Å². The molecule has 0 amide bonds. The molecular weight excluding hydrogens is 269 g/mol. The van der Waals surface area contributed by atoms with Gasteiger partial charge in [-0.2, -0.15) is 0 Å². The van der Waals surface area contributed by atoms with Gasteiger partial charge in [0.25, 0.3) is 0 Å². The van der Waals surface area contributed by atoms with Gasteiger partial charge in [-0.1, -0.05) is 29.3 Å². The molecule has 3 nitrogen and oxygen atoms in total. The second-order valence-electron chi connectivity index (χ2n) is 3.97. The van der Waals surface area contributed by atoms with Crippen LogP contribution in [0.5, 0.6) is 0 Å². The summed E-state index contributed by atoms with van der Waals surface area (Å²) in [7, 11) is 0. The molecule has 0 aliphatic carbocycles. The number of hydrogen-bond acceptors (Lipinski definition) is 2. The summed E-state index contributed by atoms with van der Waals surface area (Å²) in [6.07, 6.45) is 2.36. The zero-order chi connectivity index (χ0) is 12.5. The fraction of sp³-hybridized carbons (Fsp3) is 0.0769. The third-order valence-electron chi connectivity index (χ3n) is 2.68. The van der Waals surface area contributed by atoms with Gasteiger partial charge in [0.15, 0.2) is 5.65 Å². The predicted molar refractivity (Wildman–Crippen MR) is 73.2 cm³/mol. The van der Waals surface area contributed by atoms with Gasteiger partial charge in [0.2, 0.25) is 0 Å². The van der Waals surface area contributed by atoms with Crippen molar-refractivity contribution in [2.75, 3.05) is 0 Å². The van der Waals surface area contributed by atoms with Crippen LogP contribution in [0.3, 0.4) is 0 Å². The number of aromatic amines is 1. The maximum absolute atomic E-state index is 6.14. The fourth-order valence-corrected chi connectivity index (χ4v) is 2.30. The van der Waals surface area contributed by atoms with Crippen molar-refractivity contribution in [3.8, 4) is 0 Å². The monoisotopic (exact) mass is 277 g/mol. The van der Waals surface area contributed by atoms with Crippen LogP contribution in [0.4, 0.5) is 0 Å². The Kier molecular flexibility index (Phi) is 2.94. The number of hydrogen-bond donors (Lipinski definition) is 1. The molecule has 2 heterocycles. The Bertz CT molecular complexity index is 673. The molecule has 0 radical (unpaired) electrons. The first-order valence-corrected chi connectivity index (χ1v) is 6.21. The smallest absolute Gasteiger partial charge is 0.177 e. The van der Waals surface area contributed by atoms with E-state index in [0.717, 1.165) is 22.6 Å². The molecule has 3 aromatic rings. The Morgan fingerprint density at radius 1 is 1.17 bits per heavy atom. The minimum Gasteiger partial charge on any atom is -0.340 e. The Balaban J connectivity index is 1.96. The fourth-order valence-electron chi connectivity index (χ4n) is 1.82. The lowest BCUT2D eigenvalue weighted by atomic mass is 10.1. The molecule has 1 aromatic carbocycles. The molecule has 2 aromatic heterocycles. The molecule has 1 N–H and O–H groups in total. The van der Waals surface area contributed by atoms with E-state index in [1.807, 2.05) is 24.3 Å². The van der Waals surface area contributed by atoms with Gasteiger partial charge in [0.05, 0.1) is 5.52 Å². The highest BCUT2D eigenvalue weighted by Crippen LogP contribution is 2.23. The van der Waals surface area contributed by atoms with Gasteiger partial charge < -0.3 is 4.98 Å². The summed E-state index contributed by atoms with van der Waals surface area (Å²) in [4.78, 5) is 11.8. The first-order valence-electron chi connectivity index (χ1n) is 5.46. The number of nitrogens with one attached hydrogen (secondary N) is 1. The number of halogens is 2. The third kappa shape index (κ3) is 2.19. The molecule has 3 rings (SSSR count). The number of fused-ring (bicyclic) bond motifs is 1. The van der Waals surface area contributed by atoms with Gasteiger partial charge in [0.1, 0.15) is 5.82 Å². The second-order valence-corrected chi connectivity index (χ2v) is 4.81. The number of pyridine rings is 1. The number of benzene rings is 1. The highest BCUT2D eigenvalue weighted by Gasteiger charge is 2.07. The van der Waals surface area contributed by atoms with Crippen LogP contribution in [-0.4, -0.2) is 15.0 Å². The van der Waals surface area contributed by atoms with E-state index in [0.29, 0.717) is 16.5 Å². The summed E-state index contributed by atoms with van der Waals surface area (Å²) in [6, 6.07) is 9.29. The average Bonchev–Trinajstić information content (AvgIpc) is 2.75. The number of H-pyrrole nitrogens is 1. The van der Waals surface area contributed by atoms with Crippen LogP contribution in [0.15, 0.2) is 36.5 Å². The van der Waals surface area contributed by atoms with E-state index in [2.05, 4.69) is 15.0 Å². The van der Waals surface area contributed by atoms with Crippen LogP contribution in [0.25, 0.3) is 11.2 Å². The lowest BCUT2D eigenvalue weighted by Crippen LogP contribution is -1.91. The molecule has 90 valence electrons. The van der Waals surface area contributed by atoms with E-state index in [1.54, 1.807) is 12.3 Å². The molecule has 0 spiro atoms. The van der Waals surface area contributed by atoms with Crippen molar-refractivity contribution in [1.29, 1.82) is 0 Å². The Morgan fingerprint density at radius 3 is 2.83 bits per heavy atom. The van der Waals surface area contributed by atoms with Crippen molar-refractivity contribution in [1.82, 2.24) is 15.0 Å². The molecule has 0 aliphatic heterocycles. The van der Waals surface area contributed by atoms with Crippen molar-refractivity contribution in [2.24, 2.45) is 0 Å². The topological polar surface area (TPSA) is 41.6 Å². The minimum atomic E-state index is 0.631. The Morgan fingerprint density at radius 2 is 2.06 bits per heavy atom. The summed E-state index contributed by atoms with van der Waals surface area (Å²) in [6.45, 7) is 0. The minimum absolute atomic E-state index is 0.631. The van der Waals surface area contributed by atoms with Gasteiger partial charge in [-0.15, -0.1) is 0 Å². The molecule has 0 bridgehead atoms. The number of imidazole rings is 1. The Labute approximate surface area is 114 Å². The quantitative estimate of drug-likeness (QED) is 0.773. The molecule has 0 unspecified atom stereocenters. The molecule has 0 saturated heterocycles. The molecule has 0 saturated carbocycles. The van der Waals surface area contributed by atoms with E-state index in [-0.39, 0.29) is 0 Å². The largest absolute Gasteiger partial charge is 0.340 e. The van der Waals surface area contributed by atoms with Crippen molar-refractivity contribution < 1.29 is 0 Å². The van der Waals surface area contributed by atoms with Gasteiger partial charge in [0, 0.05) is 22.7 Å². The number of aromatic nitrogens is 3. The van der Waals surface area contributed by atoms with Crippen molar-refractivity contribution >= 4 is 34.4 Å².